The summed E-state index contributed by atoms with van der Waals surface area (Å²) in [4.78, 5) is 0. The molecular weight excluding hydrogens is 271 g/mol. The predicted octanol–water partition coefficient (Wildman–Crippen LogP) is 4.28. The van der Waals surface area contributed by atoms with Crippen molar-refractivity contribution in [1.82, 2.24) is 0 Å². The third-order valence-corrected chi connectivity index (χ3v) is 2.96. The highest BCUT2D eigenvalue weighted by Gasteiger charge is 2.31. The van der Waals surface area contributed by atoms with E-state index in [1.165, 1.54) is 0 Å². The predicted molar refractivity (Wildman–Crippen MR) is 73.4 cm³/mol. The van der Waals surface area contributed by atoms with Crippen LogP contribution in [0.15, 0.2) is 60.7 Å². The van der Waals surface area contributed by atoms with Gasteiger partial charge in [-0.05, 0) is 35.9 Å². The van der Waals surface area contributed by atoms with Gasteiger partial charge in [0, 0.05) is 0 Å². The lowest BCUT2D eigenvalue weighted by Crippen LogP contribution is -2.38. The van der Waals surface area contributed by atoms with Gasteiger partial charge in [0.2, 0.25) is 0 Å². The molecule has 0 bridgehead atoms. The first-order valence-corrected chi connectivity index (χ1v) is 6.36. The molecule has 0 amide bonds. The highest BCUT2D eigenvalue weighted by molar-refractivity contribution is 6.29. The molecule has 0 fully saturated rings. The summed E-state index contributed by atoms with van der Waals surface area (Å²) in [6.07, 6.45) is 0. The summed E-state index contributed by atoms with van der Waals surface area (Å²) >= 11 is 12.0. The van der Waals surface area contributed by atoms with E-state index in [0.29, 0.717) is 11.5 Å². The van der Waals surface area contributed by atoms with Gasteiger partial charge in [-0.15, -0.1) is 11.6 Å². The minimum Gasteiger partial charge on any atom is -0.439 e. The minimum absolute atomic E-state index is 0.00164. The Labute approximate surface area is 116 Å². The van der Waals surface area contributed by atoms with Crippen LogP contribution in [0.5, 0.6) is 11.5 Å². The zero-order valence-electron chi connectivity index (χ0n) is 9.55. The van der Waals surface area contributed by atoms with Crippen LogP contribution in [0.2, 0.25) is 0 Å². The van der Waals surface area contributed by atoms with Crippen LogP contribution in [0.25, 0.3) is 0 Å². The monoisotopic (exact) mass is 282 g/mol. The standard InChI is InChI=1S/C14H12Cl2O2/c15-11-14(16,17-12-7-3-1-4-8-12)18-13-9-5-2-6-10-13/h1-10H,11H2. The maximum absolute atomic E-state index is 6.22. The van der Waals surface area contributed by atoms with Crippen LogP contribution >= 0.6 is 23.2 Å². The largest absolute Gasteiger partial charge is 0.439 e. The van der Waals surface area contributed by atoms with Crippen molar-refractivity contribution in [2.45, 2.75) is 5.25 Å². The lowest BCUT2D eigenvalue weighted by atomic mass is 10.3. The maximum atomic E-state index is 6.22. The molecule has 18 heavy (non-hydrogen) atoms. The summed E-state index contributed by atoms with van der Waals surface area (Å²) in [5.41, 5.74) is 0. The van der Waals surface area contributed by atoms with Gasteiger partial charge in [-0.1, -0.05) is 36.4 Å². The molecule has 0 heterocycles. The first-order chi connectivity index (χ1) is 8.72. The van der Waals surface area contributed by atoms with Crippen LogP contribution in [0, 0.1) is 0 Å². The van der Waals surface area contributed by atoms with Crippen molar-refractivity contribution in [2.75, 3.05) is 5.88 Å². The summed E-state index contributed by atoms with van der Waals surface area (Å²) < 4.78 is 11.1. The Kier molecular flexibility index (Phi) is 4.34. The minimum atomic E-state index is -1.41. The average molecular weight is 283 g/mol. The van der Waals surface area contributed by atoms with E-state index < -0.39 is 5.25 Å². The lowest BCUT2D eigenvalue weighted by molar-refractivity contribution is -0.0177. The van der Waals surface area contributed by atoms with E-state index in [1.54, 1.807) is 24.3 Å². The van der Waals surface area contributed by atoms with Crippen molar-refractivity contribution in [3.05, 3.63) is 60.7 Å². The third kappa shape index (κ3) is 3.56. The number of para-hydroxylation sites is 2. The molecule has 2 aromatic rings. The Morgan fingerprint density at radius 1 is 0.778 bits per heavy atom. The van der Waals surface area contributed by atoms with Crippen molar-refractivity contribution >= 4 is 23.2 Å². The van der Waals surface area contributed by atoms with E-state index in [-0.39, 0.29) is 5.88 Å². The molecule has 0 radical (unpaired) electrons. The Morgan fingerprint density at radius 2 is 1.17 bits per heavy atom. The fourth-order valence-corrected chi connectivity index (χ4v) is 1.69. The zero-order valence-corrected chi connectivity index (χ0v) is 11.1. The molecule has 0 saturated carbocycles. The summed E-state index contributed by atoms with van der Waals surface area (Å²) in [7, 11) is 0. The van der Waals surface area contributed by atoms with Crippen LogP contribution in [-0.2, 0) is 0 Å². The summed E-state index contributed by atoms with van der Waals surface area (Å²) in [6, 6.07) is 18.3. The first-order valence-electron chi connectivity index (χ1n) is 5.45. The first kappa shape index (κ1) is 13.1. The van der Waals surface area contributed by atoms with Gasteiger partial charge < -0.3 is 9.47 Å². The van der Waals surface area contributed by atoms with Crippen LogP contribution < -0.4 is 9.47 Å². The molecule has 0 N–H and O–H groups in total. The summed E-state index contributed by atoms with van der Waals surface area (Å²) in [5.74, 6) is 1.20. The van der Waals surface area contributed by atoms with Gasteiger partial charge in [0.05, 0.1) is 0 Å². The Bertz CT molecular complexity index is 432. The van der Waals surface area contributed by atoms with E-state index in [0.717, 1.165) is 0 Å². The van der Waals surface area contributed by atoms with Crippen molar-refractivity contribution in [3.63, 3.8) is 0 Å². The number of halogens is 2. The molecule has 4 heteroatoms. The fourth-order valence-electron chi connectivity index (χ4n) is 1.40. The Morgan fingerprint density at radius 3 is 1.50 bits per heavy atom. The third-order valence-electron chi connectivity index (χ3n) is 2.19. The molecule has 2 rings (SSSR count). The van der Waals surface area contributed by atoms with Crippen LogP contribution in [-0.4, -0.2) is 11.1 Å². The summed E-state index contributed by atoms with van der Waals surface area (Å²) in [5, 5.41) is -1.41. The van der Waals surface area contributed by atoms with Gasteiger partial charge in [-0.25, -0.2) is 0 Å². The van der Waals surface area contributed by atoms with Crippen LogP contribution in [0.3, 0.4) is 0 Å². The molecule has 0 spiro atoms. The Hall–Kier alpha value is -1.38. The van der Waals surface area contributed by atoms with Crippen LogP contribution in [0.1, 0.15) is 0 Å². The number of rotatable bonds is 5. The molecule has 0 aliphatic carbocycles. The van der Waals surface area contributed by atoms with Gasteiger partial charge in [-0.3, -0.25) is 0 Å². The van der Waals surface area contributed by atoms with E-state index in [1.807, 2.05) is 36.4 Å². The van der Waals surface area contributed by atoms with Gasteiger partial charge in [-0.2, -0.15) is 0 Å². The van der Waals surface area contributed by atoms with Gasteiger partial charge in [0.1, 0.15) is 17.4 Å². The number of hydrogen-bond donors (Lipinski definition) is 0. The van der Waals surface area contributed by atoms with E-state index >= 15 is 0 Å². The highest BCUT2D eigenvalue weighted by Crippen LogP contribution is 2.27. The van der Waals surface area contributed by atoms with Gasteiger partial charge >= 0.3 is 5.25 Å². The van der Waals surface area contributed by atoms with Gasteiger partial charge in [0.25, 0.3) is 0 Å². The van der Waals surface area contributed by atoms with E-state index in [4.69, 9.17) is 32.7 Å². The molecule has 0 unspecified atom stereocenters. The number of ether oxygens (including phenoxy) is 2. The number of hydrogen-bond acceptors (Lipinski definition) is 2. The quantitative estimate of drug-likeness (QED) is 0.602. The molecular formula is C14H12Cl2O2. The van der Waals surface area contributed by atoms with Crippen molar-refractivity contribution in [1.29, 1.82) is 0 Å². The fraction of sp³-hybridized carbons (Fsp3) is 0.143. The normalized spacial score (nSPS) is 11.0. The van der Waals surface area contributed by atoms with E-state index in [2.05, 4.69) is 0 Å². The molecule has 0 saturated heterocycles. The second kappa shape index (κ2) is 5.98. The lowest BCUT2D eigenvalue weighted by Gasteiger charge is -2.26. The zero-order chi connectivity index (χ0) is 12.8. The van der Waals surface area contributed by atoms with E-state index in [9.17, 15) is 0 Å². The van der Waals surface area contributed by atoms with Crippen molar-refractivity contribution in [3.8, 4) is 11.5 Å². The SMILES string of the molecule is ClCC(Cl)(Oc1ccccc1)Oc1ccccc1. The van der Waals surface area contributed by atoms with Gasteiger partial charge in [0.15, 0.2) is 0 Å². The summed E-state index contributed by atoms with van der Waals surface area (Å²) in [6.45, 7) is 0. The smallest absolute Gasteiger partial charge is 0.346 e. The topological polar surface area (TPSA) is 18.5 Å². The average Bonchev–Trinajstić information content (AvgIpc) is 2.41. The second-order valence-corrected chi connectivity index (χ2v) is 4.47. The van der Waals surface area contributed by atoms with Crippen LogP contribution in [0.4, 0.5) is 0 Å². The maximum Gasteiger partial charge on any atom is 0.346 e. The number of benzene rings is 2. The number of alkyl halides is 2. The molecule has 94 valence electrons. The highest BCUT2D eigenvalue weighted by atomic mass is 35.5. The molecule has 2 aromatic carbocycles. The molecule has 2 nitrogen and oxygen atoms in total. The molecule has 0 aromatic heterocycles. The molecule has 0 aliphatic rings. The molecule has 0 atom stereocenters. The van der Waals surface area contributed by atoms with Crippen molar-refractivity contribution < 1.29 is 9.47 Å². The second-order valence-electron chi connectivity index (χ2n) is 3.62. The molecule has 0 aliphatic heterocycles. The van der Waals surface area contributed by atoms with Crippen molar-refractivity contribution in [2.24, 2.45) is 0 Å². The Balaban J connectivity index is 2.11.